The Morgan fingerprint density at radius 2 is 2.10 bits per heavy atom. The van der Waals surface area contributed by atoms with E-state index >= 15 is 0 Å². The van der Waals surface area contributed by atoms with Crippen molar-refractivity contribution in [1.29, 1.82) is 0 Å². The Morgan fingerprint density at radius 3 is 2.65 bits per heavy atom. The summed E-state index contributed by atoms with van der Waals surface area (Å²) in [4.78, 5) is 1.78. The third kappa shape index (κ3) is 2.96. The SMILES string of the molecule is CCN(Cc1cccs1)S(=O)(=O)c1c(C)csc1CO. The molecule has 0 aliphatic rings. The lowest BCUT2D eigenvalue weighted by molar-refractivity contribution is 0.282. The summed E-state index contributed by atoms with van der Waals surface area (Å²) < 4.78 is 27.0. The van der Waals surface area contributed by atoms with Crippen molar-refractivity contribution in [3.05, 3.63) is 38.2 Å². The van der Waals surface area contributed by atoms with Crippen molar-refractivity contribution in [2.45, 2.75) is 31.9 Å². The minimum absolute atomic E-state index is 0.246. The first-order chi connectivity index (χ1) is 9.50. The van der Waals surface area contributed by atoms with Crippen molar-refractivity contribution in [3.63, 3.8) is 0 Å². The number of thiophene rings is 2. The first-order valence-electron chi connectivity index (χ1n) is 6.21. The van der Waals surface area contributed by atoms with Gasteiger partial charge in [0.25, 0.3) is 0 Å². The Morgan fingerprint density at radius 1 is 1.35 bits per heavy atom. The normalized spacial score (nSPS) is 12.2. The number of sulfonamides is 1. The van der Waals surface area contributed by atoms with Crippen LogP contribution in [0.5, 0.6) is 0 Å². The molecule has 0 aliphatic heterocycles. The van der Waals surface area contributed by atoms with E-state index in [9.17, 15) is 13.5 Å². The van der Waals surface area contributed by atoms with E-state index in [-0.39, 0.29) is 11.5 Å². The van der Waals surface area contributed by atoms with Gasteiger partial charge in [-0.1, -0.05) is 13.0 Å². The van der Waals surface area contributed by atoms with Crippen LogP contribution in [0.3, 0.4) is 0 Å². The standard InChI is InChI=1S/C13H17NO3S3/c1-3-14(7-11-5-4-6-18-11)20(16,17)13-10(2)9-19-12(13)8-15/h4-6,9,15H,3,7-8H2,1-2H3. The number of aliphatic hydroxyl groups excluding tert-OH is 1. The molecule has 2 heterocycles. The fraction of sp³-hybridized carbons (Fsp3) is 0.385. The molecule has 0 saturated heterocycles. The topological polar surface area (TPSA) is 57.6 Å². The van der Waals surface area contributed by atoms with Crippen LogP contribution in [0.4, 0.5) is 0 Å². The average Bonchev–Trinajstić information content (AvgIpc) is 3.04. The van der Waals surface area contributed by atoms with Crippen molar-refractivity contribution in [2.24, 2.45) is 0 Å². The molecule has 2 aromatic rings. The monoisotopic (exact) mass is 331 g/mol. The molecule has 0 aromatic carbocycles. The van der Waals surface area contributed by atoms with E-state index < -0.39 is 10.0 Å². The first-order valence-corrected chi connectivity index (χ1v) is 9.41. The van der Waals surface area contributed by atoms with E-state index in [4.69, 9.17) is 0 Å². The van der Waals surface area contributed by atoms with Gasteiger partial charge in [0.05, 0.1) is 11.5 Å². The Balaban J connectivity index is 2.39. The number of hydrogen-bond donors (Lipinski definition) is 1. The second-order valence-corrected chi connectivity index (χ2v) is 8.21. The van der Waals surface area contributed by atoms with Gasteiger partial charge in [0.15, 0.2) is 0 Å². The van der Waals surface area contributed by atoms with Gasteiger partial charge in [-0.25, -0.2) is 8.42 Å². The molecule has 0 spiro atoms. The summed E-state index contributed by atoms with van der Waals surface area (Å²) in [5, 5.41) is 13.0. The molecular weight excluding hydrogens is 314 g/mol. The van der Waals surface area contributed by atoms with Crippen LogP contribution in [0, 0.1) is 6.92 Å². The zero-order chi connectivity index (χ0) is 14.8. The van der Waals surface area contributed by atoms with Crippen molar-refractivity contribution in [3.8, 4) is 0 Å². The molecule has 2 aromatic heterocycles. The summed E-state index contributed by atoms with van der Waals surface area (Å²) in [6.45, 7) is 4.12. The van der Waals surface area contributed by atoms with Crippen LogP contribution in [0.2, 0.25) is 0 Å². The van der Waals surface area contributed by atoms with Gasteiger partial charge < -0.3 is 5.11 Å². The number of aryl methyl sites for hydroxylation is 1. The lowest BCUT2D eigenvalue weighted by atomic mass is 10.3. The Bertz CT molecular complexity index is 659. The summed E-state index contributed by atoms with van der Waals surface area (Å²) in [6.07, 6.45) is 0. The molecule has 20 heavy (non-hydrogen) atoms. The van der Waals surface area contributed by atoms with Crippen LogP contribution in [0.15, 0.2) is 27.8 Å². The fourth-order valence-corrected chi connectivity index (χ4v) is 5.86. The lowest BCUT2D eigenvalue weighted by Crippen LogP contribution is -2.30. The smallest absolute Gasteiger partial charge is 0.244 e. The Hall–Kier alpha value is -0.730. The molecule has 0 amide bonds. The molecule has 7 heteroatoms. The van der Waals surface area contributed by atoms with E-state index in [1.165, 1.54) is 15.6 Å². The van der Waals surface area contributed by atoms with Crippen LogP contribution >= 0.6 is 22.7 Å². The molecular formula is C13H17NO3S3. The van der Waals surface area contributed by atoms with Crippen LogP contribution in [0.1, 0.15) is 22.2 Å². The minimum Gasteiger partial charge on any atom is -0.391 e. The zero-order valence-corrected chi connectivity index (χ0v) is 13.8. The van der Waals surface area contributed by atoms with Crippen molar-refractivity contribution < 1.29 is 13.5 Å². The Labute approximate surface area is 127 Å². The molecule has 2 rings (SSSR count). The van der Waals surface area contributed by atoms with Crippen molar-refractivity contribution in [2.75, 3.05) is 6.54 Å². The maximum absolute atomic E-state index is 12.8. The largest absolute Gasteiger partial charge is 0.391 e. The number of rotatable bonds is 6. The summed E-state index contributed by atoms with van der Waals surface area (Å²) in [5.74, 6) is 0. The number of nitrogens with zero attached hydrogens (tertiary/aromatic N) is 1. The molecule has 0 saturated carbocycles. The molecule has 0 bridgehead atoms. The first kappa shape index (κ1) is 15.7. The molecule has 0 atom stereocenters. The third-order valence-electron chi connectivity index (χ3n) is 3.00. The van der Waals surface area contributed by atoms with Crippen LogP contribution in [0.25, 0.3) is 0 Å². The predicted octanol–water partition coefficient (Wildman–Crippen LogP) is 2.82. The van der Waals surface area contributed by atoms with E-state index in [1.54, 1.807) is 23.6 Å². The summed E-state index contributed by atoms with van der Waals surface area (Å²) in [6, 6.07) is 3.84. The highest BCUT2D eigenvalue weighted by atomic mass is 32.2. The maximum atomic E-state index is 12.8. The van der Waals surface area contributed by atoms with Gasteiger partial charge >= 0.3 is 0 Å². The van der Waals surface area contributed by atoms with Gasteiger partial charge in [-0.05, 0) is 29.3 Å². The molecule has 4 nitrogen and oxygen atoms in total. The lowest BCUT2D eigenvalue weighted by Gasteiger charge is -2.20. The van der Waals surface area contributed by atoms with Crippen molar-refractivity contribution in [1.82, 2.24) is 4.31 Å². The fourth-order valence-electron chi connectivity index (χ4n) is 2.02. The maximum Gasteiger partial charge on any atom is 0.244 e. The average molecular weight is 331 g/mol. The van der Waals surface area contributed by atoms with Crippen molar-refractivity contribution >= 4 is 32.7 Å². The quantitative estimate of drug-likeness (QED) is 0.885. The zero-order valence-electron chi connectivity index (χ0n) is 11.4. The summed E-state index contributed by atoms with van der Waals surface area (Å²) >= 11 is 2.83. The molecule has 110 valence electrons. The summed E-state index contributed by atoms with van der Waals surface area (Å²) in [7, 11) is -3.57. The second-order valence-electron chi connectivity index (χ2n) is 4.34. The van der Waals surface area contributed by atoms with Gasteiger partial charge in [-0.3, -0.25) is 0 Å². The summed E-state index contributed by atoms with van der Waals surface area (Å²) in [5.41, 5.74) is 0.698. The van der Waals surface area contributed by atoms with E-state index in [0.29, 0.717) is 23.5 Å². The third-order valence-corrected chi connectivity index (χ3v) is 7.23. The molecule has 0 fully saturated rings. The molecule has 0 radical (unpaired) electrons. The van der Waals surface area contributed by atoms with Gasteiger partial charge in [0.1, 0.15) is 4.90 Å². The molecule has 1 N–H and O–H groups in total. The number of hydrogen-bond acceptors (Lipinski definition) is 5. The minimum atomic E-state index is -3.57. The highest BCUT2D eigenvalue weighted by molar-refractivity contribution is 7.89. The van der Waals surface area contributed by atoms with Crippen LogP contribution < -0.4 is 0 Å². The van der Waals surface area contributed by atoms with E-state index in [2.05, 4.69) is 0 Å². The Kier molecular flexibility index (Phi) is 4.98. The van der Waals surface area contributed by atoms with E-state index in [1.807, 2.05) is 24.4 Å². The molecule has 0 aliphatic carbocycles. The van der Waals surface area contributed by atoms with E-state index in [0.717, 1.165) is 4.88 Å². The van der Waals surface area contributed by atoms with Gasteiger partial charge in [-0.2, -0.15) is 4.31 Å². The number of aliphatic hydroxyl groups is 1. The molecule has 0 unspecified atom stereocenters. The van der Waals surface area contributed by atoms with Crippen LogP contribution in [-0.2, 0) is 23.2 Å². The second kappa shape index (κ2) is 6.36. The predicted molar refractivity (Wildman–Crippen MR) is 82.6 cm³/mol. The highest BCUT2D eigenvalue weighted by Gasteiger charge is 2.29. The van der Waals surface area contributed by atoms with Gasteiger partial charge in [0.2, 0.25) is 10.0 Å². The van der Waals surface area contributed by atoms with Crippen LogP contribution in [-0.4, -0.2) is 24.4 Å². The van der Waals surface area contributed by atoms with Gasteiger partial charge in [0, 0.05) is 18.0 Å². The van der Waals surface area contributed by atoms with Gasteiger partial charge in [-0.15, -0.1) is 22.7 Å². The highest BCUT2D eigenvalue weighted by Crippen LogP contribution is 2.30.